The van der Waals surface area contributed by atoms with Crippen molar-refractivity contribution in [2.75, 3.05) is 43.6 Å². The molecule has 0 aromatic heterocycles. The average Bonchev–Trinajstić information content (AvgIpc) is 2.65. The van der Waals surface area contributed by atoms with Gasteiger partial charge in [0.2, 0.25) is 15.9 Å². The molecule has 0 atom stereocenters. The van der Waals surface area contributed by atoms with Gasteiger partial charge in [0, 0.05) is 24.7 Å². The topological polar surface area (TPSA) is 96.0 Å². The number of hydrogen-bond donors (Lipinski definition) is 1. The predicted molar refractivity (Wildman–Crippen MR) is 113 cm³/mol. The van der Waals surface area contributed by atoms with E-state index in [-0.39, 0.29) is 11.6 Å². The smallest absolute Gasteiger partial charge is 0.253 e. The van der Waals surface area contributed by atoms with Crippen LogP contribution in [0, 0.1) is 0 Å². The summed E-state index contributed by atoms with van der Waals surface area (Å²) in [6, 6.07) is 10.7. The van der Waals surface area contributed by atoms with Gasteiger partial charge >= 0.3 is 0 Å². The lowest BCUT2D eigenvalue weighted by Gasteiger charge is -2.22. The predicted octanol–water partition coefficient (Wildman–Crippen LogP) is 2.46. The monoisotopic (exact) mass is 439 g/mol. The molecular formula is C19H22ClN3O5S. The molecule has 0 aliphatic carbocycles. The minimum absolute atomic E-state index is 0.215. The minimum Gasteiger partial charge on any atom is -0.495 e. The lowest BCUT2D eigenvalue weighted by atomic mass is 10.2. The minimum atomic E-state index is -3.76. The number of nitrogens with zero attached hydrogens (tertiary/aromatic N) is 2. The molecule has 0 fully saturated rings. The summed E-state index contributed by atoms with van der Waals surface area (Å²) in [5.41, 5.74) is 0.988. The third kappa shape index (κ3) is 5.85. The van der Waals surface area contributed by atoms with Crippen molar-refractivity contribution in [3.63, 3.8) is 0 Å². The lowest BCUT2D eigenvalue weighted by molar-refractivity contribution is -0.114. The molecule has 1 N–H and O–H groups in total. The largest absolute Gasteiger partial charge is 0.495 e. The molecule has 0 bridgehead atoms. The fourth-order valence-corrected chi connectivity index (χ4v) is 3.56. The molecule has 2 rings (SSSR count). The number of carbonyl (C=O) groups excluding carboxylic acids is 2. The molecule has 0 saturated heterocycles. The van der Waals surface area contributed by atoms with E-state index >= 15 is 0 Å². The molecule has 29 heavy (non-hydrogen) atoms. The van der Waals surface area contributed by atoms with Crippen LogP contribution >= 0.6 is 11.6 Å². The number of methoxy groups -OCH3 is 1. The van der Waals surface area contributed by atoms with Gasteiger partial charge in [0.1, 0.15) is 12.3 Å². The Labute approximate surface area is 175 Å². The molecule has 0 saturated carbocycles. The Hall–Kier alpha value is -2.78. The Kier molecular flexibility index (Phi) is 7.10. The number of nitrogens with one attached hydrogen (secondary N) is 1. The van der Waals surface area contributed by atoms with E-state index in [1.807, 2.05) is 0 Å². The van der Waals surface area contributed by atoms with Crippen LogP contribution in [0.3, 0.4) is 0 Å². The van der Waals surface area contributed by atoms with Gasteiger partial charge in [-0.05, 0) is 42.5 Å². The summed E-state index contributed by atoms with van der Waals surface area (Å²) in [7, 11) is 0.921. The van der Waals surface area contributed by atoms with Gasteiger partial charge in [0.05, 0.1) is 24.7 Å². The number of sulfonamides is 1. The van der Waals surface area contributed by atoms with Gasteiger partial charge in [0.15, 0.2) is 0 Å². The van der Waals surface area contributed by atoms with E-state index in [1.165, 1.54) is 42.3 Å². The Balaban J connectivity index is 2.25. The highest BCUT2D eigenvalue weighted by atomic mass is 35.5. The number of hydrogen-bond acceptors (Lipinski definition) is 5. The fraction of sp³-hybridized carbons (Fsp3) is 0.263. The van der Waals surface area contributed by atoms with Crippen LogP contribution in [0.4, 0.5) is 11.4 Å². The zero-order valence-electron chi connectivity index (χ0n) is 16.5. The summed E-state index contributed by atoms with van der Waals surface area (Å²) >= 11 is 5.95. The second-order valence-corrected chi connectivity index (χ2v) is 8.75. The second kappa shape index (κ2) is 9.15. The van der Waals surface area contributed by atoms with E-state index in [0.717, 1.165) is 10.6 Å². The SMILES string of the molecule is COc1ccc(Cl)cc1NC(=O)CN(c1ccc(C(=O)N(C)C)cc1)S(C)(=O)=O. The Morgan fingerprint density at radius 2 is 1.72 bits per heavy atom. The maximum absolute atomic E-state index is 12.5. The average molecular weight is 440 g/mol. The van der Waals surface area contributed by atoms with Crippen LogP contribution in [0.25, 0.3) is 0 Å². The van der Waals surface area contributed by atoms with E-state index in [0.29, 0.717) is 22.0 Å². The zero-order chi connectivity index (χ0) is 21.8. The standard InChI is InChI=1S/C19H22ClN3O5S/c1-22(2)19(25)13-5-8-15(9-6-13)23(29(4,26)27)12-18(24)21-16-11-14(20)7-10-17(16)28-3/h5-11H,12H2,1-4H3,(H,21,24). The summed E-state index contributed by atoms with van der Waals surface area (Å²) in [6.07, 6.45) is 0.999. The first-order valence-corrected chi connectivity index (χ1v) is 10.7. The summed E-state index contributed by atoms with van der Waals surface area (Å²) in [5, 5.41) is 2.99. The van der Waals surface area contributed by atoms with Crippen molar-refractivity contribution in [2.24, 2.45) is 0 Å². The van der Waals surface area contributed by atoms with E-state index in [2.05, 4.69) is 5.32 Å². The van der Waals surface area contributed by atoms with Crippen molar-refractivity contribution in [3.05, 3.63) is 53.1 Å². The Bertz CT molecular complexity index is 1010. The number of ether oxygens (including phenoxy) is 1. The van der Waals surface area contributed by atoms with Gasteiger partial charge in [-0.25, -0.2) is 8.42 Å². The first-order valence-electron chi connectivity index (χ1n) is 8.45. The maximum Gasteiger partial charge on any atom is 0.253 e. The molecule has 2 aromatic rings. The van der Waals surface area contributed by atoms with Crippen LogP contribution in [0.15, 0.2) is 42.5 Å². The van der Waals surface area contributed by atoms with Gasteiger partial charge in [-0.2, -0.15) is 0 Å². The molecule has 2 amide bonds. The van der Waals surface area contributed by atoms with Gasteiger partial charge in [-0.3, -0.25) is 13.9 Å². The second-order valence-electron chi connectivity index (χ2n) is 6.41. The van der Waals surface area contributed by atoms with Crippen LogP contribution in [0.1, 0.15) is 10.4 Å². The molecule has 0 radical (unpaired) electrons. The Morgan fingerprint density at radius 1 is 1.10 bits per heavy atom. The van der Waals surface area contributed by atoms with E-state index in [4.69, 9.17) is 16.3 Å². The van der Waals surface area contributed by atoms with Crippen LogP contribution in [0.5, 0.6) is 5.75 Å². The molecule has 8 nitrogen and oxygen atoms in total. The molecule has 0 aliphatic heterocycles. The van der Waals surface area contributed by atoms with E-state index in [1.54, 1.807) is 26.2 Å². The maximum atomic E-state index is 12.5. The fourth-order valence-electron chi connectivity index (χ4n) is 2.53. The number of rotatable bonds is 7. The van der Waals surface area contributed by atoms with Gasteiger partial charge in [-0.1, -0.05) is 11.6 Å². The van der Waals surface area contributed by atoms with Crippen LogP contribution < -0.4 is 14.4 Å². The molecule has 156 valence electrons. The molecule has 0 unspecified atom stereocenters. The normalized spacial score (nSPS) is 10.9. The zero-order valence-corrected chi connectivity index (χ0v) is 18.0. The van der Waals surface area contributed by atoms with Crippen molar-refractivity contribution >= 4 is 44.8 Å². The van der Waals surface area contributed by atoms with Crippen LogP contribution in [0.2, 0.25) is 5.02 Å². The third-order valence-electron chi connectivity index (χ3n) is 3.93. The van der Waals surface area contributed by atoms with E-state index < -0.39 is 22.5 Å². The first-order chi connectivity index (χ1) is 13.5. The van der Waals surface area contributed by atoms with Crippen molar-refractivity contribution in [1.29, 1.82) is 0 Å². The van der Waals surface area contributed by atoms with Gasteiger partial charge in [-0.15, -0.1) is 0 Å². The molecule has 0 heterocycles. The lowest BCUT2D eigenvalue weighted by Crippen LogP contribution is -2.37. The van der Waals surface area contributed by atoms with Crippen molar-refractivity contribution < 1.29 is 22.7 Å². The van der Waals surface area contributed by atoms with Crippen molar-refractivity contribution in [1.82, 2.24) is 4.90 Å². The Morgan fingerprint density at radius 3 is 2.24 bits per heavy atom. The summed E-state index contributed by atoms with van der Waals surface area (Å²) in [4.78, 5) is 25.9. The molecule has 10 heteroatoms. The van der Waals surface area contributed by atoms with E-state index in [9.17, 15) is 18.0 Å². The number of amides is 2. The van der Waals surface area contributed by atoms with Crippen LogP contribution in [-0.2, 0) is 14.8 Å². The number of carbonyl (C=O) groups is 2. The first kappa shape index (κ1) is 22.5. The van der Waals surface area contributed by atoms with Gasteiger partial charge < -0.3 is 15.0 Å². The summed E-state index contributed by atoms with van der Waals surface area (Å²) in [5.74, 6) is -0.405. The molecule has 2 aromatic carbocycles. The third-order valence-corrected chi connectivity index (χ3v) is 5.31. The highest BCUT2D eigenvalue weighted by Crippen LogP contribution is 2.28. The highest BCUT2D eigenvalue weighted by molar-refractivity contribution is 7.92. The van der Waals surface area contributed by atoms with Gasteiger partial charge in [0.25, 0.3) is 5.91 Å². The molecule has 0 aliphatic rings. The molecule has 0 spiro atoms. The highest BCUT2D eigenvalue weighted by Gasteiger charge is 2.22. The summed E-state index contributed by atoms with van der Waals surface area (Å²) < 4.78 is 30.6. The molecular weight excluding hydrogens is 418 g/mol. The quantitative estimate of drug-likeness (QED) is 0.714. The number of benzene rings is 2. The summed E-state index contributed by atoms with van der Waals surface area (Å²) in [6.45, 7) is -0.463. The number of anilines is 2. The van der Waals surface area contributed by atoms with Crippen molar-refractivity contribution in [2.45, 2.75) is 0 Å². The number of halogens is 1. The van der Waals surface area contributed by atoms with Crippen LogP contribution in [-0.4, -0.2) is 59.1 Å². The van der Waals surface area contributed by atoms with Crippen molar-refractivity contribution in [3.8, 4) is 5.75 Å².